The standard InChI is InChI=1S/C13H17N3O2S2/c1-9(15-16-13(19)14-11-5-6-11)10-3-7-12(8-4-10)20(2,17)18/h3-4,7-8,11H,5-6H2,1-2H3,(H2,14,16,19). The van der Waals surface area contributed by atoms with Crippen molar-refractivity contribution >= 4 is 32.9 Å². The van der Waals surface area contributed by atoms with Gasteiger partial charge in [-0.05, 0) is 49.7 Å². The molecule has 0 atom stereocenters. The van der Waals surface area contributed by atoms with E-state index in [1.807, 2.05) is 6.92 Å². The molecule has 1 saturated carbocycles. The first-order chi connectivity index (χ1) is 9.36. The van der Waals surface area contributed by atoms with Crippen molar-refractivity contribution in [2.24, 2.45) is 5.10 Å². The van der Waals surface area contributed by atoms with E-state index in [2.05, 4.69) is 15.8 Å². The van der Waals surface area contributed by atoms with Gasteiger partial charge in [0.15, 0.2) is 14.9 Å². The van der Waals surface area contributed by atoms with Gasteiger partial charge in [-0.1, -0.05) is 12.1 Å². The molecule has 0 saturated heterocycles. The quantitative estimate of drug-likeness (QED) is 0.500. The van der Waals surface area contributed by atoms with Crippen LogP contribution in [-0.2, 0) is 9.84 Å². The molecule has 1 aromatic carbocycles. The number of thiocarbonyl (C=S) groups is 1. The summed E-state index contributed by atoms with van der Waals surface area (Å²) in [4.78, 5) is 0.299. The molecule has 1 aromatic rings. The van der Waals surface area contributed by atoms with Crippen molar-refractivity contribution in [2.45, 2.75) is 30.7 Å². The van der Waals surface area contributed by atoms with E-state index in [4.69, 9.17) is 12.2 Å². The summed E-state index contributed by atoms with van der Waals surface area (Å²) in [5.74, 6) is 0. The number of hydrazone groups is 1. The predicted molar refractivity (Wildman–Crippen MR) is 83.7 cm³/mol. The maximum atomic E-state index is 11.4. The highest BCUT2D eigenvalue weighted by atomic mass is 32.2. The minimum Gasteiger partial charge on any atom is -0.359 e. The summed E-state index contributed by atoms with van der Waals surface area (Å²) in [7, 11) is -3.16. The molecule has 2 rings (SSSR count). The zero-order chi connectivity index (χ0) is 14.8. The number of nitrogens with zero attached hydrogens (tertiary/aromatic N) is 1. The average Bonchev–Trinajstić information content (AvgIpc) is 3.19. The Kier molecular flexibility index (Phi) is 4.39. The van der Waals surface area contributed by atoms with Gasteiger partial charge >= 0.3 is 0 Å². The van der Waals surface area contributed by atoms with Gasteiger partial charge < -0.3 is 5.32 Å². The Balaban J connectivity index is 2.00. The molecule has 7 heteroatoms. The first-order valence-electron chi connectivity index (χ1n) is 6.27. The van der Waals surface area contributed by atoms with Crippen molar-refractivity contribution in [1.29, 1.82) is 0 Å². The number of sulfone groups is 1. The third kappa shape index (κ3) is 4.28. The minimum atomic E-state index is -3.16. The third-order valence-corrected chi connectivity index (χ3v) is 4.28. The second-order valence-electron chi connectivity index (χ2n) is 4.85. The topological polar surface area (TPSA) is 70.6 Å². The van der Waals surface area contributed by atoms with E-state index in [1.54, 1.807) is 24.3 Å². The van der Waals surface area contributed by atoms with Crippen molar-refractivity contribution < 1.29 is 8.42 Å². The largest absolute Gasteiger partial charge is 0.359 e. The van der Waals surface area contributed by atoms with Crippen molar-refractivity contribution in [1.82, 2.24) is 10.7 Å². The molecule has 0 amide bonds. The number of benzene rings is 1. The fraction of sp³-hybridized carbons (Fsp3) is 0.385. The molecule has 20 heavy (non-hydrogen) atoms. The van der Waals surface area contributed by atoms with Crippen molar-refractivity contribution in [2.75, 3.05) is 6.26 Å². The van der Waals surface area contributed by atoms with E-state index in [-0.39, 0.29) is 0 Å². The molecule has 1 fully saturated rings. The monoisotopic (exact) mass is 311 g/mol. The summed E-state index contributed by atoms with van der Waals surface area (Å²) >= 11 is 5.10. The molecule has 0 aromatic heterocycles. The Morgan fingerprint density at radius 2 is 1.90 bits per heavy atom. The summed E-state index contributed by atoms with van der Waals surface area (Å²) in [5, 5.41) is 7.82. The highest BCUT2D eigenvalue weighted by Gasteiger charge is 2.21. The van der Waals surface area contributed by atoms with Crippen LogP contribution in [0.15, 0.2) is 34.3 Å². The predicted octanol–water partition coefficient (Wildman–Crippen LogP) is 1.44. The molecule has 0 unspecified atom stereocenters. The molecule has 0 spiro atoms. The van der Waals surface area contributed by atoms with Gasteiger partial charge in [-0.25, -0.2) is 8.42 Å². The molecule has 5 nitrogen and oxygen atoms in total. The molecule has 0 bridgehead atoms. The van der Waals surface area contributed by atoms with Crippen LogP contribution in [0.25, 0.3) is 0 Å². The van der Waals surface area contributed by atoms with Crippen LogP contribution in [0.5, 0.6) is 0 Å². The van der Waals surface area contributed by atoms with Gasteiger partial charge in [-0.15, -0.1) is 0 Å². The number of rotatable bonds is 4. The van der Waals surface area contributed by atoms with Crippen LogP contribution in [0.3, 0.4) is 0 Å². The van der Waals surface area contributed by atoms with Crippen LogP contribution >= 0.6 is 12.2 Å². The lowest BCUT2D eigenvalue weighted by Crippen LogP contribution is -2.34. The minimum absolute atomic E-state index is 0.299. The number of hydrogen-bond acceptors (Lipinski definition) is 4. The molecule has 108 valence electrons. The van der Waals surface area contributed by atoms with Gasteiger partial charge in [0, 0.05) is 12.3 Å². The second-order valence-corrected chi connectivity index (χ2v) is 7.28. The molecule has 1 aliphatic carbocycles. The van der Waals surface area contributed by atoms with E-state index >= 15 is 0 Å². The summed E-state index contributed by atoms with van der Waals surface area (Å²) in [5.41, 5.74) is 4.37. The summed E-state index contributed by atoms with van der Waals surface area (Å²) in [6.07, 6.45) is 3.49. The highest BCUT2D eigenvalue weighted by molar-refractivity contribution is 7.90. The van der Waals surface area contributed by atoms with Crippen LogP contribution in [0.1, 0.15) is 25.3 Å². The van der Waals surface area contributed by atoms with Crippen LogP contribution in [0.2, 0.25) is 0 Å². The molecular formula is C13H17N3O2S2. The maximum Gasteiger partial charge on any atom is 0.187 e. The SMILES string of the molecule is CC(=NNC(=S)NC1CC1)c1ccc(S(C)(=O)=O)cc1. The Morgan fingerprint density at radius 3 is 2.40 bits per heavy atom. The van der Waals surface area contributed by atoms with Gasteiger partial charge in [0.25, 0.3) is 0 Å². The smallest absolute Gasteiger partial charge is 0.187 e. The zero-order valence-electron chi connectivity index (χ0n) is 11.4. The van der Waals surface area contributed by atoms with Crippen molar-refractivity contribution in [3.05, 3.63) is 29.8 Å². The Hall–Kier alpha value is -1.47. The lowest BCUT2D eigenvalue weighted by atomic mass is 10.1. The van der Waals surface area contributed by atoms with E-state index in [0.717, 1.165) is 24.1 Å². The van der Waals surface area contributed by atoms with Crippen LogP contribution in [-0.4, -0.2) is 31.5 Å². The van der Waals surface area contributed by atoms with Gasteiger partial charge in [0.05, 0.1) is 10.6 Å². The van der Waals surface area contributed by atoms with E-state index in [0.29, 0.717) is 16.0 Å². The Bertz CT molecular complexity index is 632. The van der Waals surface area contributed by atoms with Crippen LogP contribution in [0, 0.1) is 0 Å². The highest BCUT2D eigenvalue weighted by Crippen LogP contribution is 2.18. The summed E-state index contributed by atoms with van der Waals surface area (Å²) in [6.45, 7) is 1.84. The summed E-state index contributed by atoms with van der Waals surface area (Å²) < 4.78 is 22.7. The van der Waals surface area contributed by atoms with Crippen LogP contribution in [0.4, 0.5) is 0 Å². The first kappa shape index (κ1) is 14.9. The van der Waals surface area contributed by atoms with Gasteiger partial charge in [-0.3, -0.25) is 5.43 Å². The lowest BCUT2D eigenvalue weighted by molar-refractivity contribution is 0.602. The lowest BCUT2D eigenvalue weighted by Gasteiger charge is -2.07. The normalized spacial score (nSPS) is 15.8. The fourth-order valence-electron chi connectivity index (χ4n) is 1.59. The second kappa shape index (κ2) is 5.88. The molecule has 0 heterocycles. The molecule has 2 N–H and O–H groups in total. The van der Waals surface area contributed by atoms with Crippen LogP contribution < -0.4 is 10.7 Å². The number of hydrogen-bond donors (Lipinski definition) is 2. The average molecular weight is 311 g/mol. The molecule has 1 aliphatic rings. The van der Waals surface area contributed by atoms with E-state index < -0.39 is 9.84 Å². The van der Waals surface area contributed by atoms with E-state index in [9.17, 15) is 8.42 Å². The molecule has 0 aliphatic heterocycles. The molecular weight excluding hydrogens is 294 g/mol. The van der Waals surface area contributed by atoms with Gasteiger partial charge in [0.2, 0.25) is 0 Å². The maximum absolute atomic E-state index is 11.4. The first-order valence-corrected chi connectivity index (χ1v) is 8.57. The molecule has 0 radical (unpaired) electrons. The number of nitrogens with one attached hydrogen (secondary N) is 2. The van der Waals surface area contributed by atoms with Gasteiger partial charge in [-0.2, -0.15) is 5.10 Å². The van der Waals surface area contributed by atoms with E-state index in [1.165, 1.54) is 6.26 Å². The van der Waals surface area contributed by atoms with Crippen molar-refractivity contribution in [3.63, 3.8) is 0 Å². The Labute approximate surface area is 124 Å². The third-order valence-electron chi connectivity index (χ3n) is 2.94. The fourth-order valence-corrected chi connectivity index (χ4v) is 2.43. The van der Waals surface area contributed by atoms with Crippen molar-refractivity contribution in [3.8, 4) is 0 Å². The Morgan fingerprint density at radius 1 is 1.30 bits per heavy atom. The van der Waals surface area contributed by atoms with Gasteiger partial charge in [0.1, 0.15) is 0 Å². The summed E-state index contributed by atoms with van der Waals surface area (Å²) in [6, 6.07) is 7.09. The zero-order valence-corrected chi connectivity index (χ0v) is 13.0.